The first-order chi connectivity index (χ1) is 8.00. The molecule has 0 radical (unpaired) electrons. The van der Waals surface area contributed by atoms with Crippen LogP contribution < -0.4 is 0 Å². The van der Waals surface area contributed by atoms with Crippen LogP contribution in [0.3, 0.4) is 0 Å². The second kappa shape index (κ2) is 4.30. The summed E-state index contributed by atoms with van der Waals surface area (Å²) in [6, 6.07) is 4.10. The molecule has 0 aliphatic carbocycles. The lowest BCUT2D eigenvalue weighted by molar-refractivity contribution is 0.0886. The molecule has 1 unspecified atom stereocenters. The van der Waals surface area contributed by atoms with Crippen molar-refractivity contribution >= 4 is 16.8 Å². The molecule has 17 heavy (non-hydrogen) atoms. The van der Waals surface area contributed by atoms with E-state index in [1.165, 1.54) is 18.4 Å². The number of Topliss-reactive ketones (excluding diaryl/α,β-unsaturated/α-hetero) is 1. The second-order valence-corrected chi connectivity index (χ2v) is 4.29. The number of halogens is 1. The summed E-state index contributed by atoms with van der Waals surface area (Å²) in [6.07, 6.45) is 1.48. The average Bonchev–Trinajstić information content (AvgIpc) is 2.72. The number of furan rings is 1. The minimum Gasteiger partial charge on any atom is -0.464 e. The van der Waals surface area contributed by atoms with Gasteiger partial charge in [-0.25, -0.2) is 4.39 Å². The number of hydrogen-bond acceptors (Lipinski definition) is 3. The molecule has 3 nitrogen and oxygen atoms in total. The van der Waals surface area contributed by atoms with E-state index in [0.717, 1.165) is 0 Å². The van der Waals surface area contributed by atoms with Crippen molar-refractivity contribution < 1.29 is 13.6 Å². The van der Waals surface area contributed by atoms with Gasteiger partial charge >= 0.3 is 0 Å². The van der Waals surface area contributed by atoms with E-state index >= 15 is 0 Å². The van der Waals surface area contributed by atoms with Crippen molar-refractivity contribution in [1.29, 1.82) is 0 Å². The third-order valence-corrected chi connectivity index (χ3v) is 2.96. The van der Waals surface area contributed by atoms with Crippen molar-refractivity contribution in [2.24, 2.45) is 0 Å². The molecule has 0 saturated heterocycles. The van der Waals surface area contributed by atoms with Gasteiger partial charge in [-0.2, -0.15) is 0 Å². The van der Waals surface area contributed by atoms with Crippen LogP contribution in [0.5, 0.6) is 0 Å². The molecular formula is C13H14FNO2. The van der Waals surface area contributed by atoms with E-state index < -0.39 is 5.82 Å². The largest absolute Gasteiger partial charge is 0.464 e. The fourth-order valence-corrected chi connectivity index (χ4v) is 1.63. The fourth-order valence-electron chi connectivity index (χ4n) is 1.63. The number of nitrogens with zero attached hydrogens (tertiary/aromatic N) is 1. The van der Waals surface area contributed by atoms with Crippen LogP contribution in [0.4, 0.5) is 4.39 Å². The summed E-state index contributed by atoms with van der Waals surface area (Å²) in [6.45, 7) is 1.74. The number of likely N-dealkylation sites (N-methyl/N-ethyl adjacent to an activating group) is 1. The maximum absolute atomic E-state index is 13.8. The summed E-state index contributed by atoms with van der Waals surface area (Å²) in [5, 5.41) is 0.663. The number of carbonyl (C=O) groups is 1. The van der Waals surface area contributed by atoms with E-state index in [1.54, 1.807) is 32.0 Å². The fraction of sp³-hybridized carbons (Fsp3) is 0.308. The molecule has 0 spiro atoms. The number of rotatable bonds is 3. The van der Waals surface area contributed by atoms with Crippen LogP contribution >= 0.6 is 0 Å². The van der Waals surface area contributed by atoms with Gasteiger partial charge in [0.25, 0.3) is 0 Å². The van der Waals surface area contributed by atoms with Crippen LogP contribution in [-0.4, -0.2) is 30.8 Å². The predicted octanol–water partition coefficient (Wildman–Crippen LogP) is 2.70. The van der Waals surface area contributed by atoms with Crippen LogP contribution in [0.15, 0.2) is 28.9 Å². The number of hydrogen-bond donors (Lipinski definition) is 0. The first-order valence-corrected chi connectivity index (χ1v) is 5.38. The zero-order valence-corrected chi connectivity index (χ0v) is 10.0. The molecule has 0 bridgehead atoms. The molecular weight excluding hydrogens is 221 g/mol. The van der Waals surface area contributed by atoms with E-state index in [9.17, 15) is 9.18 Å². The van der Waals surface area contributed by atoms with E-state index in [-0.39, 0.29) is 17.4 Å². The molecule has 1 atom stereocenters. The molecule has 0 aliphatic heterocycles. The van der Waals surface area contributed by atoms with Gasteiger partial charge in [0.05, 0.1) is 17.9 Å². The molecule has 0 saturated carbocycles. The molecule has 90 valence electrons. The van der Waals surface area contributed by atoms with Crippen LogP contribution in [0.25, 0.3) is 11.0 Å². The highest BCUT2D eigenvalue weighted by molar-refractivity contribution is 6.02. The Morgan fingerprint density at radius 1 is 1.41 bits per heavy atom. The number of carbonyl (C=O) groups excluding carboxylic acids is 1. The lowest BCUT2D eigenvalue weighted by Crippen LogP contribution is -2.33. The van der Waals surface area contributed by atoms with Crippen LogP contribution in [0, 0.1) is 5.82 Å². The Morgan fingerprint density at radius 3 is 2.76 bits per heavy atom. The Morgan fingerprint density at radius 2 is 2.12 bits per heavy atom. The van der Waals surface area contributed by atoms with Crippen LogP contribution in [-0.2, 0) is 0 Å². The monoisotopic (exact) mass is 235 g/mol. The Balaban J connectivity index is 2.47. The van der Waals surface area contributed by atoms with Crippen molar-refractivity contribution in [3.63, 3.8) is 0 Å². The zero-order valence-electron chi connectivity index (χ0n) is 10.0. The minimum atomic E-state index is -0.502. The summed E-state index contributed by atoms with van der Waals surface area (Å²) in [7, 11) is 3.57. The minimum absolute atomic E-state index is 0.0775. The highest BCUT2D eigenvalue weighted by atomic mass is 19.1. The smallest absolute Gasteiger partial charge is 0.182 e. The Kier molecular flexibility index (Phi) is 2.98. The van der Waals surface area contributed by atoms with Crippen molar-refractivity contribution in [3.8, 4) is 0 Å². The summed E-state index contributed by atoms with van der Waals surface area (Å²) < 4.78 is 19.0. The topological polar surface area (TPSA) is 33.5 Å². The average molecular weight is 235 g/mol. The van der Waals surface area contributed by atoms with Crippen LogP contribution in [0.2, 0.25) is 0 Å². The van der Waals surface area contributed by atoms with Gasteiger partial charge in [0.1, 0.15) is 11.4 Å². The standard InChI is InChI=1S/C13H14FNO2/c1-8(15(2)3)13(16)10-7-12-9(4-5-17-12)6-11(10)14/h4-8H,1-3H3. The first-order valence-electron chi connectivity index (χ1n) is 5.38. The molecule has 1 aromatic carbocycles. The molecule has 0 aliphatic rings. The molecule has 1 aromatic heterocycles. The second-order valence-electron chi connectivity index (χ2n) is 4.29. The van der Waals surface area contributed by atoms with Crippen molar-refractivity contribution in [3.05, 3.63) is 35.8 Å². The van der Waals surface area contributed by atoms with E-state index in [0.29, 0.717) is 11.0 Å². The Labute approximate surface area is 98.8 Å². The summed E-state index contributed by atoms with van der Waals surface area (Å²) in [4.78, 5) is 13.8. The predicted molar refractivity (Wildman–Crippen MR) is 63.7 cm³/mol. The van der Waals surface area contributed by atoms with Gasteiger partial charge in [0.2, 0.25) is 0 Å². The zero-order chi connectivity index (χ0) is 12.6. The molecule has 0 fully saturated rings. The molecule has 0 amide bonds. The summed E-state index contributed by atoms with van der Waals surface area (Å²) >= 11 is 0. The van der Waals surface area contributed by atoms with Gasteiger partial charge in [0.15, 0.2) is 5.78 Å². The van der Waals surface area contributed by atoms with Gasteiger partial charge in [0, 0.05) is 5.39 Å². The highest BCUT2D eigenvalue weighted by Gasteiger charge is 2.21. The van der Waals surface area contributed by atoms with Gasteiger partial charge in [-0.1, -0.05) is 0 Å². The lowest BCUT2D eigenvalue weighted by atomic mass is 10.0. The Hall–Kier alpha value is -1.68. The van der Waals surface area contributed by atoms with Crippen LogP contribution in [0.1, 0.15) is 17.3 Å². The lowest BCUT2D eigenvalue weighted by Gasteiger charge is -2.18. The van der Waals surface area contributed by atoms with Gasteiger partial charge in [-0.15, -0.1) is 0 Å². The maximum Gasteiger partial charge on any atom is 0.182 e. The molecule has 0 N–H and O–H groups in total. The third-order valence-electron chi connectivity index (χ3n) is 2.96. The van der Waals surface area contributed by atoms with E-state index in [4.69, 9.17) is 4.42 Å². The summed E-state index contributed by atoms with van der Waals surface area (Å²) in [5.74, 6) is -0.747. The number of fused-ring (bicyclic) bond motifs is 1. The maximum atomic E-state index is 13.8. The van der Waals surface area contributed by atoms with Gasteiger partial charge in [-0.05, 0) is 39.2 Å². The molecule has 2 rings (SSSR count). The van der Waals surface area contributed by atoms with Gasteiger partial charge in [-0.3, -0.25) is 9.69 Å². The summed E-state index contributed by atoms with van der Waals surface area (Å²) in [5.41, 5.74) is 0.606. The van der Waals surface area contributed by atoms with Crippen molar-refractivity contribution in [2.75, 3.05) is 14.1 Å². The number of ketones is 1. The Bertz CT molecular complexity index is 560. The molecule has 2 aromatic rings. The highest BCUT2D eigenvalue weighted by Crippen LogP contribution is 2.21. The molecule has 1 heterocycles. The van der Waals surface area contributed by atoms with Gasteiger partial charge < -0.3 is 4.42 Å². The normalized spacial score (nSPS) is 13.2. The third kappa shape index (κ3) is 2.08. The SMILES string of the molecule is CC(C(=O)c1cc2occc2cc1F)N(C)C. The quantitative estimate of drug-likeness (QED) is 0.767. The van der Waals surface area contributed by atoms with E-state index in [2.05, 4.69) is 0 Å². The van der Waals surface area contributed by atoms with Crippen molar-refractivity contribution in [2.45, 2.75) is 13.0 Å². The molecule has 4 heteroatoms. The van der Waals surface area contributed by atoms with Crippen molar-refractivity contribution in [1.82, 2.24) is 4.90 Å². The number of benzene rings is 1. The first kappa shape index (κ1) is 11.8. The van der Waals surface area contributed by atoms with E-state index in [1.807, 2.05) is 0 Å².